The zero-order valence-corrected chi connectivity index (χ0v) is 16.7. The lowest BCUT2D eigenvalue weighted by Crippen LogP contribution is -2.14. The van der Waals surface area contributed by atoms with Crippen molar-refractivity contribution in [3.05, 3.63) is 60.2 Å². The third-order valence-corrected chi connectivity index (χ3v) is 6.06. The molecule has 2 heterocycles. The lowest BCUT2D eigenvalue weighted by Gasteiger charge is -2.06. The molecule has 4 rings (SSSR count). The number of aromatic nitrogens is 3. The van der Waals surface area contributed by atoms with Crippen molar-refractivity contribution in [2.75, 3.05) is 4.72 Å². The number of benzene rings is 2. The van der Waals surface area contributed by atoms with Crippen LogP contribution in [0.3, 0.4) is 0 Å². The topological polar surface area (TPSA) is 76.9 Å². The molecule has 144 valence electrons. The van der Waals surface area contributed by atoms with Crippen LogP contribution in [0.5, 0.6) is 0 Å². The van der Waals surface area contributed by atoms with Crippen molar-refractivity contribution in [2.45, 2.75) is 38.1 Å². The molecular formula is C21H22N4O2S. The molecule has 0 amide bonds. The summed E-state index contributed by atoms with van der Waals surface area (Å²) >= 11 is 0. The van der Waals surface area contributed by atoms with Crippen molar-refractivity contribution in [2.24, 2.45) is 0 Å². The van der Waals surface area contributed by atoms with Gasteiger partial charge in [-0.05, 0) is 37.6 Å². The number of sulfonamides is 1. The highest BCUT2D eigenvalue weighted by Gasteiger charge is 2.20. The summed E-state index contributed by atoms with van der Waals surface area (Å²) in [6.07, 6.45) is 1.95. The van der Waals surface area contributed by atoms with Crippen LogP contribution in [-0.2, 0) is 16.6 Å². The molecule has 28 heavy (non-hydrogen) atoms. The van der Waals surface area contributed by atoms with Crippen molar-refractivity contribution < 1.29 is 8.42 Å². The molecule has 0 aliphatic carbocycles. The fraction of sp³-hybridized carbons (Fsp3) is 0.238. The summed E-state index contributed by atoms with van der Waals surface area (Å²) in [7, 11) is -3.74. The average molecular weight is 395 g/mol. The highest BCUT2D eigenvalue weighted by molar-refractivity contribution is 7.92. The first kappa shape index (κ1) is 18.4. The summed E-state index contributed by atoms with van der Waals surface area (Å²) in [5.74, 6) is 0.310. The molecule has 0 saturated heterocycles. The summed E-state index contributed by atoms with van der Waals surface area (Å²) in [6.45, 7) is 4.71. The van der Waals surface area contributed by atoms with Gasteiger partial charge in [-0.25, -0.2) is 18.1 Å². The summed E-state index contributed by atoms with van der Waals surface area (Å²) in [5.41, 5.74) is 2.55. The summed E-state index contributed by atoms with van der Waals surface area (Å²) in [5, 5.41) is 6.19. The van der Waals surface area contributed by atoms with E-state index in [1.165, 1.54) is 0 Å². The monoisotopic (exact) mass is 394 g/mol. The van der Waals surface area contributed by atoms with E-state index in [1.807, 2.05) is 37.3 Å². The van der Waals surface area contributed by atoms with Crippen LogP contribution in [0.4, 0.5) is 5.82 Å². The SMILES string of the molecule is CCCCn1nc(NS(=O)(=O)c2ccc(C)cc2)c2cc3ccccc3nc21. The van der Waals surface area contributed by atoms with Gasteiger partial charge in [-0.3, -0.25) is 4.72 Å². The minimum Gasteiger partial charge on any atom is -0.261 e. The molecule has 0 aliphatic heterocycles. The normalized spacial score (nSPS) is 11.9. The Bertz CT molecular complexity index is 1240. The minimum atomic E-state index is -3.74. The van der Waals surface area contributed by atoms with Crippen LogP contribution in [-0.4, -0.2) is 23.2 Å². The Morgan fingerprint density at radius 1 is 1.07 bits per heavy atom. The van der Waals surface area contributed by atoms with Gasteiger partial charge in [0.25, 0.3) is 10.0 Å². The number of anilines is 1. The van der Waals surface area contributed by atoms with Gasteiger partial charge in [0.15, 0.2) is 11.5 Å². The maximum atomic E-state index is 12.9. The Morgan fingerprint density at radius 2 is 1.82 bits per heavy atom. The number of pyridine rings is 1. The van der Waals surface area contributed by atoms with Crippen molar-refractivity contribution in [3.8, 4) is 0 Å². The van der Waals surface area contributed by atoms with Crippen LogP contribution < -0.4 is 4.72 Å². The first-order valence-electron chi connectivity index (χ1n) is 9.34. The third-order valence-electron chi connectivity index (χ3n) is 4.71. The van der Waals surface area contributed by atoms with E-state index in [0.29, 0.717) is 23.4 Å². The smallest absolute Gasteiger partial charge is 0.261 e. The highest BCUT2D eigenvalue weighted by Crippen LogP contribution is 2.28. The number of nitrogens with one attached hydrogen (secondary N) is 1. The standard InChI is InChI=1S/C21H22N4O2S/c1-3-4-13-25-21-18(14-16-7-5-6-8-19(16)22-21)20(23-25)24-28(26,27)17-11-9-15(2)10-12-17/h5-12,14H,3-4,13H2,1-2H3,(H,23,24). The third kappa shape index (κ3) is 3.45. The number of hydrogen-bond donors (Lipinski definition) is 1. The number of para-hydroxylation sites is 1. The zero-order valence-electron chi connectivity index (χ0n) is 15.9. The predicted molar refractivity (Wildman–Crippen MR) is 112 cm³/mol. The van der Waals surface area contributed by atoms with E-state index in [0.717, 1.165) is 29.3 Å². The van der Waals surface area contributed by atoms with Crippen LogP contribution in [0, 0.1) is 6.92 Å². The van der Waals surface area contributed by atoms with E-state index in [4.69, 9.17) is 4.98 Å². The van der Waals surface area contributed by atoms with Crippen LogP contribution in [0.25, 0.3) is 21.9 Å². The van der Waals surface area contributed by atoms with Crippen molar-refractivity contribution in [1.82, 2.24) is 14.8 Å². The molecule has 0 atom stereocenters. The molecule has 0 saturated carbocycles. The number of fused-ring (bicyclic) bond motifs is 2. The molecule has 0 unspecified atom stereocenters. The molecule has 2 aromatic carbocycles. The van der Waals surface area contributed by atoms with Gasteiger partial charge < -0.3 is 0 Å². The molecule has 0 radical (unpaired) electrons. The van der Waals surface area contributed by atoms with E-state index < -0.39 is 10.0 Å². The predicted octanol–water partition coefficient (Wildman–Crippen LogP) is 4.49. The van der Waals surface area contributed by atoms with Gasteiger partial charge in [0.2, 0.25) is 0 Å². The number of hydrogen-bond acceptors (Lipinski definition) is 4. The van der Waals surface area contributed by atoms with Crippen LogP contribution in [0.1, 0.15) is 25.3 Å². The second-order valence-corrected chi connectivity index (χ2v) is 8.58. The van der Waals surface area contributed by atoms with Gasteiger partial charge in [0, 0.05) is 11.9 Å². The van der Waals surface area contributed by atoms with Crippen LogP contribution in [0.15, 0.2) is 59.5 Å². The number of aryl methyl sites for hydroxylation is 2. The Labute approximate surface area is 164 Å². The molecule has 0 spiro atoms. The quantitative estimate of drug-likeness (QED) is 0.523. The van der Waals surface area contributed by atoms with Gasteiger partial charge in [-0.2, -0.15) is 5.10 Å². The largest absolute Gasteiger partial charge is 0.263 e. The maximum absolute atomic E-state index is 12.9. The molecule has 0 bridgehead atoms. The average Bonchev–Trinajstić information content (AvgIpc) is 3.01. The second-order valence-electron chi connectivity index (χ2n) is 6.90. The molecule has 0 aliphatic rings. The lowest BCUT2D eigenvalue weighted by atomic mass is 10.2. The van der Waals surface area contributed by atoms with E-state index in [-0.39, 0.29) is 4.90 Å². The van der Waals surface area contributed by atoms with E-state index >= 15 is 0 Å². The summed E-state index contributed by atoms with van der Waals surface area (Å²) < 4.78 is 30.2. The number of nitrogens with zero attached hydrogens (tertiary/aromatic N) is 3. The fourth-order valence-electron chi connectivity index (χ4n) is 3.14. The van der Waals surface area contributed by atoms with Gasteiger partial charge in [0.05, 0.1) is 15.8 Å². The van der Waals surface area contributed by atoms with Crippen molar-refractivity contribution in [3.63, 3.8) is 0 Å². The van der Waals surface area contributed by atoms with Gasteiger partial charge >= 0.3 is 0 Å². The molecular weight excluding hydrogens is 372 g/mol. The summed E-state index contributed by atoms with van der Waals surface area (Å²) in [6, 6.07) is 16.5. The van der Waals surface area contributed by atoms with Crippen LogP contribution in [0.2, 0.25) is 0 Å². The van der Waals surface area contributed by atoms with Gasteiger partial charge in [-0.15, -0.1) is 0 Å². The minimum absolute atomic E-state index is 0.211. The van der Waals surface area contributed by atoms with E-state index in [2.05, 4.69) is 16.7 Å². The van der Waals surface area contributed by atoms with Crippen molar-refractivity contribution in [1.29, 1.82) is 0 Å². The number of unbranched alkanes of at least 4 members (excludes halogenated alkanes) is 1. The Morgan fingerprint density at radius 3 is 2.57 bits per heavy atom. The second kappa shape index (κ2) is 7.24. The van der Waals surface area contributed by atoms with Gasteiger partial charge in [-0.1, -0.05) is 49.2 Å². The maximum Gasteiger partial charge on any atom is 0.263 e. The van der Waals surface area contributed by atoms with E-state index in [9.17, 15) is 8.42 Å². The Balaban J connectivity index is 1.83. The zero-order chi connectivity index (χ0) is 19.7. The molecule has 1 N–H and O–H groups in total. The molecule has 7 heteroatoms. The lowest BCUT2D eigenvalue weighted by molar-refractivity contribution is 0.584. The molecule has 2 aromatic heterocycles. The first-order chi connectivity index (χ1) is 13.5. The van der Waals surface area contributed by atoms with E-state index in [1.54, 1.807) is 28.9 Å². The van der Waals surface area contributed by atoms with Gasteiger partial charge in [0.1, 0.15) is 0 Å². The Hall–Kier alpha value is -2.93. The highest BCUT2D eigenvalue weighted by atomic mass is 32.2. The van der Waals surface area contributed by atoms with Crippen LogP contribution >= 0.6 is 0 Å². The fourth-order valence-corrected chi connectivity index (χ4v) is 4.16. The number of rotatable bonds is 6. The van der Waals surface area contributed by atoms with Crippen molar-refractivity contribution >= 4 is 37.8 Å². The Kier molecular flexibility index (Phi) is 4.77. The summed E-state index contributed by atoms with van der Waals surface area (Å²) in [4.78, 5) is 4.94. The molecule has 4 aromatic rings. The molecule has 0 fully saturated rings. The first-order valence-corrected chi connectivity index (χ1v) is 10.8. The molecule has 6 nitrogen and oxygen atoms in total.